The average molecular weight is 545 g/mol. The summed E-state index contributed by atoms with van der Waals surface area (Å²) in [4.78, 5) is 47.6. The van der Waals surface area contributed by atoms with Crippen LogP contribution in [0.2, 0.25) is 0 Å². The predicted octanol–water partition coefficient (Wildman–Crippen LogP) is 1.59. The van der Waals surface area contributed by atoms with Gasteiger partial charge in [-0.05, 0) is 31.7 Å². The first-order valence-corrected chi connectivity index (χ1v) is 14.2. The highest BCUT2D eigenvalue weighted by Gasteiger charge is 2.26. The van der Waals surface area contributed by atoms with Crippen LogP contribution >= 0.6 is 0 Å². The van der Waals surface area contributed by atoms with E-state index in [-0.39, 0.29) is 19.4 Å². The molecule has 0 fully saturated rings. The summed E-state index contributed by atoms with van der Waals surface area (Å²) in [5, 5.41) is 35.6. The van der Waals surface area contributed by atoms with Gasteiger partial charge in [-0.15, -0.1) is 0 Å². The Morgan fingerprint density at radius 1 is 0.737 bits per heavy atom. The SMILES string of the molecule is CC(C)CCCCCCCCCCCC(O)CC(=O)NCC(=O)N[C@@H](CO)C(=O)N[C@H](CCCN)C(=O)O. The molecule has 0 heterocycles. The van der Waals surface area contributed by atoms with Crippen molar-refractivity contribution in [2.75, 3.05) is 19.7 Å². The maximum atomic E-state index is 12.2. The third kappa shape index (κ3) is 19.8. The third-order valence-electron chi connectivity index (χ3n) is 6.33. The summed E-state index contributed by atoms with van der Waals surface area (Å²) in [6, 6.07) is -2.56. The molecule has 0 aliphatic rings. The first-order chi connectivity index (χ1) is 18.1. The van der Waals surface area contributed by atoms with E-state index in [1.165, 1.54) is 44.9 Å². The minimum absolute atomic E-state index is 0.112. The maximum absolute atomic E-state index is 12.2. The summed E-state index contributed by atoms with van der Waals surface area (Å²) >= 11 is 0. The van der Waals surface area contributed by atoms with Crippen molar-refractivity contribution in [1.29, 1.82) is 0 Å². The van der Waals surface area contributed by atoms with E-state index in [2.05, 4.69) is 29.8 Å². The van der Waals surface area contributed by atoms with Crippen LogP contribution in [0.15, 0.2) is 0 Å². The number of aliphatic carboxylic acids is 1. The van der Waals surface area contributed by atoms with Crippen molar-refractivity contribution in [3.8, 4) is 0 Å². The topological polar surface area (TPSA) is 191 Å². The fourth-order valence-corrected chi connectivity index (χ4v) is 4.03. The van der Waals surface area contributed by atoms with Crippen molar-refractivity contribution >= 4 is 23.7 Å². The van der Waals surface area contributed by atoms with Gasteiger partial charge in [0.15, 0.2) is 0 Å². The number of aliphatic hydroxyl groups excluding tert-OH is 2. The maximum Gasteiger partial charge on any atom is 0.326 e. The second kappa shape index (κ2) is 22.7. The minimum Gasteiger partial charge on any atom is -0.480 e. The second-order valence-corrected chi connectivity index (χ2v) is 10.4. The Balaban J connectivity index is 4.02. The van der Waals surface area contributed by atoms with Gasteiger partial charge in [-0.2, -0.15) is 0 Å². The number of rotatable bonds is 24. The number of carboxylic acid groups (broad SMARTS) is 1. The number of hydrogen-bond acceptors (Lipinski definition) is 7. The van der Waals surface area contributed by atoms with Crippen LogP contribution in [-0.2, 0) is 19.2 Å². The Morgan fingerprint density at radius 3 is 1.79 bits per heavy atom. The van der Waals surface area contributed by atoms with Crippen molar-refractivity contribution in [3.05, 3.63) is 0 Å². The minimum atomic E-state index is -1.37. The lowest BCUT2D eigenvalue weighted by Crippen LogP contribution is -2.54. The molecular weight excluding hydrogens is 492 g/mol. The monoisotopic (exact) mass is 544 g/mol. The number of amides is 3. The molecule has 38 heavy (non-hydrogen) atoms. The average Bonchev–Trinajstić information content (AvgIpc) is 2.86. The molecule has 0 aromatic carbocycles. The van der Waals surface area contributed by atoms with Crippen LogP contribution in [0.25, 0.3) is 0 Å². The zero-order valence-electron chi connectivity index (χ0n) is 23.4. The van der Waals surface area contributed by atoms with Gasteiger partial charge in [0.1, 0.15) is 12.1 Å². The molecule has 0 rings (SSSR count). The van der Waals surface area contributed by atoms with Crippen LogP contribution < -0.4 is 21.7 Å². The van der Waals surface area contributed by atoms with Crippen LogP contribution in [-0.4, -0.2) is 76.9 Å². The number of carboxylic acids is 1. The van der Waals surface area contributed by atoms with E-state index in [1.54, 1.807) is 0 Å². The summed E-state index contributed by atoms with van der Waals surface area (Å²) < 4.78 is 0. The van der Waals surface area contributed by atoms with E-state index < -0.39 is 55.0 Å². The van der Waals surface area contributed by atoms with Gasteiger partial charge in [0, 0.05) is 0 Å². The normalized spacial score (nSPS) is 13.5. The molecule has 0 saturated heterocycles. The van der Waals surface area contributed by atoms with Crippen molar-refractivity contribution in [2.24, 2.45) is 11.7 Å². The molecule has 3 atom stereocenters. The van der Waals surface area contributed by atoms with Crippen molar-refractivity contribution < 1.29 is 34.5 Å². The van der Waals surface area contributed by atoms with E-state index in [4.69, 9.17) is 5.73 Å². The highest BCUT2D eigenvalue weighted by atomic mass is 16.4. The Morgan fingerprint density at radius 2 is 1.29 bits per heavy atom. The number of aliphatic hydroxyl groups is 2. The van der Waals surface area contributed by atoms with Gasteiger partial charge in [0.2, 0.25) is 17.7 Å². The van der Waals surface area contributed by atoms with Gasteiger partial charge in [0.05, 0.1) is 25.7 Å². The molecule has 222 valence electrons. The van der Waals surface area contributed by atoms with E-state index in [0.29, 0.717) is 12.8 Å². The molecule has 1 unspecified atom stereocenters. The fourth-order valence-electron chi connectivity index (χ4n) is 4.03. The third-order valence-corrected chi connectivity index (χ3v) is 6.33. The van der Waals surface area contributed by atoms with Crippen molar-refractivity contribution in [1.82, 2.24) is 16.0 Å². The number of nitrogens with one attached hydrogen (secondary N) is 3. The van der Waals surface area contributed by atoms with Gasteiger partial charge in [-0.3, -0.25) is 14.4 Å². The fraction of sp³-hybridized carbons (Fsp3) is 0.852. The quantitative estimate of drug-likeness (QED) is 0.0891. The lowest BCUT2D eigenvalue weighted by molar-refractivity contribution is -0.142. The number of nitrogens with two attached hydrogens (primary N) is 1. The number of unbranched alkanes of at least 4 members (excludes halogenated alkanes) is 8. The van der Waals surface area contributed by atoms with Crippen LogP contribution in [0.5, 0.6) is 0 Å². The second-order valence-electron chi connectivity index (χ2n) is 10.4. The molecule has 0 bridgehead atoms. The molecule has 0 saturated carbocycles. The van der Waals surface area contributed by atoms with Crippen LogP contribution in [0, 0.1) is 5.92 Å². The van der Waals surface area contributed by atoms with Crippen LogP contribution in [0.4, 0.5) is 0 Å². The van der Waals surface area contributed by atoms with Gasteiger partial charge >= 0.3 is 5.97 Å². The van der Waals surface area contributed by atoms with Gasteiger partial charge < -0.3 is 37.0 Å². The Labute approximate surface area is 227 Å². The van der Waals surface area contributed by atoms with Crippen molar-refractivity contribution in [3.63, 3.8) is 0 Å². The Kier molecular flexibility index (Phi) is 21.4. The van der Waals surface area contributed by atoms with E-state index >= 15 is 0 Å². The molecule has 0 spiro atoms. The number of carbonyl (C=O) groups excluding carboxylic acids is 3. The first-order valence-electron chi connectivity index (χ1n) is 14.2. The standard InChI is InChI=1S/C27H52N4O7/c1-20(2)13-10-8-6-4-3-5-7-9-11-14-21(33)17-24(34)29-18-25(35)30-23(19-32)26(36)31-22(27(37)38)15-12-16-28/h20-23,32-33H,3-19,28H2,1-2H3,(H,29,34)(H,30,35)(H,31,36)(H,37,38)/t21?,22-,23+/m1/s1. The zero-order valence-corrected chi connectivity index (χ0v) is 23.4. The van der Waals surface area contributed by atoms with Crippen LogP contribution in [0.3, 0.4) is 0 Å². The lowest BCUT2D eigenvalue weighted by atomic mass is 10.0. The summed E-state index contributed by atoms with van der Waals surface area (Å²) in [6.07, 6.45) is 12.0. The van der Waals surface area contributed by atoms with Crippen molar-refractivity contribution in [2.45, 2.75) is 122 Å². The van der Waals surface area contributed by atoms with Gasteiger partial charge in [-0.25, -0.2) is 4.79 Å². The lowest BCUT2D eigenvalue weighted by Gasteiger charge is -2.20. The first kappa shape index (κ1) is 35.8. The zero-order chi connectivity index (χ0) is 28.8. The number of hydrogen-bond donors (Lipinski definition) is 7. The van der Waals surface area contributed by atoms with Gasteiger partial charge in [0.25, 0.3) is 0 Å². The molecule has 0 aliphatic heterocycles. The molecule has 0 aromatic heterocycles. The Hall–Kier alpha value is -2.24. The number of carbonyl (C=O) groups is 4. The predicted molar refractivity (Wildman–Crippen MR) is 146 cm³/mol. The summed E-state index contributed by atoms with van der Waals surface area (Å²) in [7, 11) is 0. The van der Waals surface area contributed by atoms with Crippen LogP contribution in [0.1, 0.15) is 104 Å². The summed E-state index contributed by atoms with van der Waals surface area (Å²) in [5.41, 5.74) is 5.36. The highest BCUT2D eigenvalue weighted by molar-refractivity contribution is 5.92. The highest BCUT2D eigenvalue weighted by Crippen LogP contribution is 2.14. The van der Waals surface area contributed by atoms with Gasteiger partial charge in [-0.1, -0.05) is 78.1 Å². The smallest absolute Gasteiger partial charge is 0.326 e. The largest absolute Gasteiger partial charge is 0.480 e. The molecular formula is C27H52N4O7. The van der Waals surface area contributed by atoms with E-state index in [1.807, 2.05) is 0 Å². The van der Waals surface area contributed by atoms with E-state index in [0.717, 1.165) is 25.2 Å². The molecule has 11 heteroatoms. The molecule has 8 N–H and O–H groups in total. The molecule has 0 radical (unpaired) electrons. The van der Waals surface area contributed by atoms with E-state index in [9.17, 15) is 34.5 Å². The Bertz CT molecular complexity index is 676. The summed E-state index contributed by atoms with van der Waals surface area (Å²) in [5.74, 6) is -2.54. The molecule has 3 amide bonds. The summed E-state index contributed by atoms with van der Waals surface area (Å²) in [6.45, 7) is 3.59. The molecule has 0 aromatic rings. The molecule has 11 nitrogen and oxygen atoms in total. The molecule has 0 aliphatic carbocycles.